The molecule has 2 aliphatic rings. The predicted molar refractivity (Wildman–Crippen MR) is 117 cm³/mol. The highest BCUT2D eigenvalue weighted by atomic mass is 32.2. The van der Waals surface area contributed by atoms with Crippen molar-refractivity contribution in [3.05, 3.63) is 59.7 Å². The number of hydrogen-bond acceptors (Lipinski definition) is 5. The summed E-state index contributed by atoms with van der Waals surface area (Å²) < 4.78 is 29.9. The summed E-state index contributed by atoms with van der Waals surface area (Å²) in [6.45, 7) is 3.81. The fourth-order valence-electron chi connectivity index (χ4n) is 3.81. The Morgan fingerprint density at radius 3 is 2.48 bits per heavy atom. The van der Waals surface area contributed by atoms with Gasteiger partial charge in [-0.25, -0.2) is 8.42 Å². The third kappa shape index (κ3) is 4.18. The highest BCUT2D eigenvalue weighted by Crippen LogP contribution is 2.43. The third-order valence-electron chi connectivity index (χ3n) is 5.07. The number of carbonyl (C=O) groups excluding carboxylic acids is 1. The quantitative estimate of drug-likeness (QED) is 0.742. The third-order valence-corrected chi connectivity index (χ3v) is 8.28. The molecule has 0 unspecified atom stereocenters. The second kappa shape index (κ2) is 7.84. The molecule has 0 spiro atoms. The van der Waals surface area contributed by atoms with Crippen LogP contribution in [0.2, 0.25) is 0 Å². The standard InChI is InChI=1S/C21H22N2O4S2/c1-14-7-6-8-15(2)20(14)23-17-12-29(25,26)13-18(17)28-21(23)22-19(24)11-27-16-9-4-3-5-10-16/h3-10,17-18H,11-13H2,1-2H3/t17-,18-/m1/s1. The van der Waals surface area contributed by atoms with Gasteiger partial charge in [0.05, 0.1) is 17.5 Å². The molecular formula is C21H22N2O4S2. The van der Waals surface area contributed by atoms with Crippen LogP contribution in [0.1, 0.15) is 11.1 Å². The van der Waals surface area contributed by atoms with Crippen molar-refractivity contribution in [1.29, 1.82) is 0 Å². The Balaban J connectivity index is 1.63. The van der Waals surface area contributed by atoms with Crippen molar-refractivity contribution in [3.8, 4) is 5.75 Å². The number of para-hydroxylation sites is 2. The summed E-state index contributed by atoms with van der Waals surface area (Å²) in [5.74, 6) is 0.397. The number of sulfone groups is 1. The van der Waals surface area contributed by atoms with Crippen molar-refractivity contribution in [3.63, 3.8) is 0 Å². The minimum Gasteiger partial charge on any atom is -0.484 e. The minimum absolute atomic E-state index is 0.0756. The van der Waals surface area contributed by atoms with Gasteiger partial charge in [-0.2, -0.15) is 4.99 Å². The maximum absolute atomic E-state index is 12.5. The zero-order chi connectivity index (χ0) is 20.6. The monoisotopic (exact) mass is 430 g/mol. The van der Waals surface area contributed by atoms with Crippen molar-refractivity contribution in [2.45, 2.75) is 25.1 Å². The first-order chi connectivity index (χ1) is 13.8. The van der Waals surface area contributed by atoms with E-state index in [2.05, 4.69) is 4.99 Å². The number of nitrogens with zero attached hydrogens (tertiary/aromatic N) is 2. The van der Waals surface area contributed by atoms with Crippen LogP contribution in [0.4, 0.5) is 5.69 Å². The molecule has 2 saturated heterocycles. The molecule has 2 aromatic carbocycles. The SMILES string of the molecule is Cc1cccc(C)c1N1C(=NC(=O)COc2ccccc2)S[C@@H]2CS(=O)(=O)C[C@H]21. The van der Waals surface area contributed by atoms with Crippen LogP contribution in [0.15, 0.2) is 53.5 Å². The second-order valence-electron chi connectivity index (χ2n) is 7.30. The van der Waals surface area contributed by atoms with Crippen LogP contribution in [0.3, 0.4) is 0 Å². The lowest BCUT2D eigenvalue weighted by molar-refractivity contribution is -0.119. The van der Waals surface area contributed by atoms with Gasteiger partial charge < -0.3 is 9.64 Å². The summed E-state index contributed by atoms with van der Waals surface area (Å²) in [5.41, 5.74) is 2.98. The Labute approximate surface area is 174 Å². The highest BCUT2D eigenvalue weighted by Gasteiger charge is 2.49. The topological polar surface area (TPSA) is 76.0 Å². The van der Waals surface area contributed by atoms with Crippen LogP contribution < -0.4 is 9.64 Å². The Morgan fingerprint density at radius 2 is 1.79 bits per heavy atom. The Hall–Kier alpha value is -2.32. The zero-order valence-corrected chi connectivity index (χ0v) is 17.9. The molecular weight excluding hydrogens is 408 g/mol. The second-order valence-corrected chi connectivity index (χ2v) is 10.7. The molecule has 0 aliphatic carbocycles. The zero-order valence-electron chi connectivity index (χ0n) is 16.2. The van der Waals surface area contributed by atoms with E-state index in [1.54, 1.807) is 12.1 Å². The number of hydrogen-bond donors (Lipinski definition) is 0. The minimum atomic E-state index is -3.10. The van der Waals surface area contributed by atoms with Gasteiger partial charge >= 0.3 is 0 Å². The van der Waals surface area contributed by atoms with E-state index in [-0.39, 0.29) is 29.4 Å². The van der Waals surface area contributed by atoms with Gasteiger partial charge in [-0.15, -0.1) is 0 Å². The summed E-state index contributed by atoms with van der Waals surface area (Å²) in [4.78, 5) is 18.8. The summed E-state index contributed by atoms with van der Waals surface area (Å²) in [6, 6.07) is 14.8. The number of anilines is 1. The molecule has 2 heterocycles. The average molecular weight is 431 g/mol. The smallest absolute Gasteiger partial charge is 0.285 e. The first-order valence-corrected chi connectivity index (χ1v) is 12.1. The molecule has 0 bridgehead atoms. The number of amidine groups is 1. The van der Waals surface area contributed by atoms with E-state index in [0.29, 0.717) is 10.9 Å². The largest absolute Gasteiger partial charge is 0.484 e. The number of thioether (sulfide) groups is 1. The van der Waals surface area contributed by atoms with E-state index in [1.165, 1.54) is 11.8 Å². The van der Waals surface area contributed by atoms with Gasteiger partial charge in [-0.3, -0.25) is 4.79 Å². The molecule has 1 amide bonds. The molecule has 152 valence electrons. The van der Waals surface area contributed by atoms with E-state index in [9.17, 15) is 13.2 Å². The lowest BCUT2D eigenvalue weighted by Gasteiger charge is -2.27. The number of aliphatic imine (C=N–C) groups is 1. The normalized spacial score (nSPS) is 23.9. The van der Waals surface area contributed by atoms with Gasteiger partial charge in [0.2, 0.25) is 0 Å². The van der Waals surface area contributed by atoms with Crippen LogP contribution in [0.5, 0.6) is 5.75 Å². The van der Waals surface area contributed by atoms with E-state index in [0.717, 1.165) is 16.8 Å². The fourth-order valence-corrected chi connectivity index (χ4v) is 7.73. The van der Waals surface area contributed by atoms with Gasteiger partial charge in [0.1, 0.15) is 5.75 Å². The molecule has 2 fully saturated rings. The first-order valence-electron chi connectivity index (χ1n) is 9.36. The molecule has 6 nitrogen and oxygen atoms in total. The Bertz CT molecular complexity index is 1050. The fraction of sp³-hybridized carbons (Fsp3) is 0.333. The van der Waals surface area contributed by atoms with E-state index >= 15 is 0 Å². The molecule has 2 aliphatic heterocycles. The van der Waals surface area contributed by atoms with Crippen molar-refractivity contribution in [2.24, 2.45) is 4.99 Å². The first kappa shape index (κ1) is 20.0. The van der Waals surface area contributed by atoms with Crippen LogP contribution in [-0.2, 0) is 14.6 Å². The number of rotatable bonds is 4. The Kier molecular flexibility index (Phi) is 5.40. The van der Waals surface area contributed by atoms with Crippen molar-refractivity contribution < 1.29 is 17.9 Å². The highest BCUT2D eigenvalue weighted by molar-refractivity contribution is 8.16. The molecule has 8 heteroatoms. The van der Waals surface area contributed by atoms with E-state index < -0.39 is 15.7 Å². The predicted octanol–water partition coefficient (Wildman–Crippen LogP) is 2.98. The Morgan fingerprint density at radius 1 is 1.10 bits per heavy atom. The van der Waals surface area contributed by atoms with Gasteiger partial charge in [0.25, 0.3) is 5.91 Å². The summed E-state index contributed by atoms with van der Waals surface area (Å²) >= 11 is 1.37. The molecule has 0 saturated carbocycles. The van der Waals surface area contributed by atoms with Crippen molar-refractivity contribution in [1.82, 2.24) is 0 Å². The number of ether oxygens (including phenoxy) is 1. The number of fused-ring (bicyclic) bond motifs is 1. The number of benzene rings is 2. The van der Waals surface area contributed by atoms with E-state index in [4.69, 9.17) is 4.74 Å². The average Bonchev–Trinajstić information content (AvgIpc) is 3.13. The lowest BCUT2D eigenvalue weighted by Crippen LogP contribution is -2.38. The lowest BCUT2D eigenvalue weighted by atomic mass is 10.1. The summed E-state index contributed by atoms with van der Waals surface area (Å²) in [5, 5.41) is 0.426. The molecule has 4 rings (SSSR count). The van der Waals surface area contributed by atoms with Gasteiger partial charge in [-0.1, -0.05) is 48.2 Å². The molecule has 0 radical (unpaired) electrons. The van der Waals surface area contributed by atoms with E-state index in [1.807, 2.05) is 55.1 Å². The number of carbonyl (C=O) groups is 1. The van der Waals surface area contributed by atoms with Gasteiger partial charge in [-0.05, 0) is 37.1 Å². The number of amides is 1. The molecule has 2 atom stereocenters. The molecule has 0 aromatic heterocycles. The molecule has 2 aromatic rings. The van der Waals surface area contributed by atoms with Gasteiger partial charge in [0, 0.05) is 10.9 Å². The van der Waals surface area contributed by atoms with Crippen LogP contribution in [-0.4, -0.2) is 48.9 Å². The van der Waals surface area contributed by atoms with Crippen LogP contribution in [0.25, 0.3) is 0 Å². The van der Waals surface area contributed by atoms with Crippen LogP contribution in [0, 0.1) is 13.8 Å². The van der Waals surface area contributed by atoms with Crippen molar-refractivity contribution in [2.75, 3.05) is 23.0 Å². The van der Waals surface area contributed by atoms with Crippen molar-refractivity contribution >= 4 is 38.4 Å². The summed E-state index contributed by atoms with van der Waals surface area (Å²) in [7, 11) is -3.10. The number of aryl methyl sites for hydroxylation is 2. The molecule has 0 N–H and O–H groups in total. The maximum Gasteiger partial charge on any atom is 0.285 e. The van der Waals surface area contributed by atoms with Crippen LogP contribution >= 0.6 is 11.8 Å². The van der Waals surface area contributed by atoms with Gasteiger partial charge in [0.15, 0.2) is 21.6 Å². The summed E-state index contributed by atoms with van der Waals surface area (Å²) in [6.07, 6.45) is 0. The maximum atomic E-state index is 12.5. The molecule has 29 heavy (non-hydrogen) atoms.